The molecule has 1 atom stereocenters. The lowest BCUT2D eigenvalue weighted by atomic mass is 10.0. The number of imidazole rings is 1. The van der Waals surface area contributed by atoms with Gasteiger partial charge >= 0.3 is 0 Å². The predicted octanol–water partition coefficient (Wildman–Crippen LogP) is 8.17. The zero-order chi connectivity index (χ0) is 29.2. The summed E-state index contributed by atoms with van der Waals surface area (Å²) in [7, 11) is -1.19. The number of carbonyl (C=O) groups is 1. The van der Waals surface area contributed by atoms with Gasteiger partial charge in [0.25, 0.3) is 0 Å². The van der Waals surface area contributed by atoms with Crippen molar-refractivity contribution in [3.8, 4) is 16.9 Å². The Balaban J connectivity index is 1.35. The minimum absolute atomic E-state index is 0.0356. The summed E-state index contributed by atoms with van der Waals surface area (Å²) >= 11 is 6.44. The van der Waals surface area contributed by atoms with E-state index in [2.05, 4.69) is 30.3 Å². The summed E-state index contributed by atoms with van der Waals surface area (Å²) in [6.07, 6.45) is 9.29. The van der Waals surface area contributed by atoms with E-state index < -0.39 is 10.8 Å². The van der Waals surface area contributed by atoms with Gasteiger partial charge in [0.05, 0.1) is 35.2 Å². The highest BCUT2D eigenvalue weighted by Gasteiger charge is 2.11. The number of rotatable bonds is 14. The van der Waals surface area contributed by atoms with E-state index in [9.17, 15) is 9.00 Å². The minimum Gasteiger partial charge on any atom is -0.494 e. The van der Waals surface area contributed by atoms with Crippen LogP contribution in [0.15, 0.2) is 90.2 Å². The quantitative estimate of drug-likeness (QED) is 0.110. The third-order valence-corrected chi connectivity index (χ3v) is 8.30. The summed E-state index contributed by atoms with van der Waals surface area (Å²) in [6.45, 7) is 8.00. The number of ketones is 1. The Morgan fingerprint density at radius 2 is 1.78 bits per heavy atom. The maximum absolute atomic E-state index is 12.9. The Kier molecular flexibility index (Phi) is 11.1. The van der Waals surface area contributed by atoms with Crippen LogP contribution in [0.2, 0.25) is 5.02 Å². The number of hydrogen-bond donors (Lipinski definition) is 0. The molecule has 0 spiro atoms. The molecule has 3 aromatic carbocycles. The standard InChI is InChI=1S/C34H37ClN2O3S/c1-4-5-18-40-32-13-9-27(10-14-32)28-11-17-34(35)29(20-28)8-12-31(38)19-26-6-15-33(16-7-26)41(39)23-30-21-36-24-37(30)22-25(2)3/h6-17,20-21,24-25H,4-5,18-19,22-23H2,1-3H3/b12-8+/t41-/m0/s1. The Morgan fingerprint density at radius 3 is 2.49 bits per heavy atom. The summed E-state index contributed by atoms with van der Waals surface area (Å²) in [6, 6.07) is 21.2. The molecule has 0 amide bonds. The molecule has 4 aromatic rings. The van der Waals surface area contributed by atoms with Crippen molar-refractivity contribution in [3.63, 3.8) is 0 Å². The Hall–Kier alpha value is -3.48. The third kappa shape index (κ3) is 9.00. The van der Waals surface area contributed by atoms with Crippen molar-refractivity contribution >= 4 is 34.3 Å². The molecule has 0 aliphatic carbocycles. The molecule has 0 radical (unpaired) electrons. The first-order valence-electron chi connectivity index (χ1n) is 14.0. The molecular formula is C34H37ClN2O3S. The van der Waals surface area contributed by atoms with Crippen LogP contribution in [-0.2, 0) is 34.3 Å². The Labute approximate surface area is 250 Å². The molecular weight excluding hydrogens is 552 g/mol. The number of ether oxygens (including phenoxy) is 1. The molecule has 0 saturated carbocycles. The van der Waals surface area contributed by atoms with Crippen LogP contribution in [0.25, 0.3) is 17.2 Å². The minimum atomic E-state index is -1.19. The third-order valence-electron chi connectivity index (χ3n) is 6.60. The van der Waals surface area contributed by atoms with Gasteiger partial charge in [0.15, 0.2) is 5.78 Å². The van der Waals surface area contributed by atoms with Crippen LogP contribution in [-0.4, -0.2) is 26.2 Å². The monoisotopic (exact) mass is 588 g/mol. The number of aromatic nitrogens is 2. The van der Waals surface area contributed by atoms with Crippen LogP contribution >= 0.6 is 11.6 Å². The number of carbonyl (C=O) groups excluding carboxylic acids is 1. The van der Waals surface area contributed by atoms with E-state index in [1.165, 1.54) is 0 Å². The van der Waals surface area contributed by atoms with Crippen molar-refractivity contribution < 1.29 is 13.7 Å². The molecule has 0 bridgehead atoms. The van der Waals surface area contributed by atoms with Crippen molar-refractivity contribution in [2.24, 2.45) is 5.92 Å². The van der Waals surface area contributed by atoms with E-state index in [1.807, 2.05) is 66.7 Å². The van der Waals surface area contributed by atoms with Gasteiger partial charge in [-0.05, 0) is 83.1 Å². The maximum Gasteiger partial charge on any atom is 0.160 e. The van der Waals surface area contributed by atoms with Gasteiger partial charge in [0.1, 0.15) is 5.75 Å². The van der Waals surface area contributed by atoms with E-state index in [-0.39, 0.29) is 12.2 Å². The largest absolute Gasteiger partial charge is 0.494 e. The highest BCUT2D eigenvalue weighted by molar-refractivity contribution is 7.84. The average Bonchev–Trinajstić information content (AvgIpc) is 3.39. The van der Waals surface area contributed by atoms with Gasteiger partial charge in [0.2, 0.25) is 0 Å². The molecule has 0 unspecified atom stereocenters. The SMILES string of the molecule is CCCCOc1ccc(-c2ccc(Cl)c(/C=C/C(=O)Cc3ccc([S@@](=O)Cc4cncn4CC(C)C)cc3)c2)cc1. The highest BCUT2D eigenvalue weighted by atomic mass is 35.5. The molecule has 4 rings (SSSR count). The second-order valence-corrected chi connectivity index (χ2v) is 12.4. The molecule has 0 fully saturated rings. The number of allylic oxidation sites excluding steroid dienone is 1. The second kappa shape index (κ2) is 14.9. The molecule has 214 valence electrons. The summed E-state index contributed by atoms with van der Waals surface area (Å²) in [5, 5.41) is 0.582. The van der Waals surface area contributed by atoms with Gasteiger partial charge in [-0.1, -0.05) is 69.1 Å². The first kappa shape index (κ1) is 30.5. The zero-order valence-electron chi connectivity index (χ0n) is 23.9. The molecule has 0 N–H and O–H groups in total. The van der Waals surface area contributed by atoms with Gasteiger partial charge in [-0.15, -0.1) is 0 Å². The van der Waals surface area contributed by atoms with E-state index in [0.717, 1.165) is 64.6 Å². The van der Waals surface area contributed by atoms with E-state index in [1.54, 1.807) is 24.7 Å². The van der Waals surface area contributed by atoms with Crippen LogP contribution < -0.4 is 4.74 Å². The summed E-state index contributed by atoms with van der Waals surface area (Å²) in [5.41, 5.74) is 4.66. The molecule has 1 aromatic heterocycles. The molecule has 0 saturated heterocycles. The van der Waals surface area contributed by atoms with Crippen LogP contribution in [0, 0.1) is 5.92 Å². The number of hydrogen-bond acceptors (Lipinski definition) is 4. The van der Waals surface area contributed by atoms with Gasteiger partial charge in [-0.2, -0.15) is 0 Å². The Bertz CT molecular complexity index is 1490. The first-order valence-corrected chi connectivity index (χ1v) is 15.7. The molecule has 0 aliphatic heterocycles. The van der Waals surface area contributed by atoms with Gasteiger partial charge in [-0.3, -0.25) is 9.00 Å². The lowest BCUT2D eigenvalue weighted by molar-refractivity contribution is -0.113. The van der Waals surface area contributed by atoms with Crippen LogP contribution in [0.1, 0.15) is 50.4 Å². The maximum atomic E-state index is 12.9. The van der Waals surface area contributed by atoms with Crippen LogP contribution in [0.3, 0.4) is 0 Å². The summed E-state index contributed by atoms with van der Waals surface area (Å²) in [5.74, 6) is 1.71. The molecule has 7 heteroatoms. The first-order chi connectivity index (χ1) is 19.8. The van der Waals surface area contributed by atoms with Crippen molar-refractivity contribution in [1.29, 1.82) is 0 Å². The van der Waals surface area contributed by atoms with E-state index >= 15 is 0 Å². The van der Waals surface area contributed by atoms with Gasteiger partial charge in [-0.25, -0.2) is 4.98 Å². The Morgan fingerprint density at radius 1 is 1.05 bits per heavy atom. The average molecular weight is 589 g/mol. The fraction of sp³-hybridized carbons (Fsp3) is 0.294. The second-order valence-electron chi connectivity index (χ2n) is 10.5. The lowest BCUT2D eigenvalue weighted by Gasteiger charge is -2.10. The van der Waals surface area contributed by atoms with Gasteiger partial charge in [0, 0.05) is 29.1 Å². The predicted molar refractivity (Wildman–Crippen MR) is 169 cm³/mol. The summed E-state index contributed by atoms with van der Waals surface area (Å²) in [4.78, 5) is 17.7. The fourth-order valence-electron chi connectivity index (χ4n) is 4.37. The zero-order valence-corrected chi connectivity index (χ0v) is 25.5. The van der Waals surface area contributed by atoms with Crippen LogP contribution in [0.5, 0.6) is 5.75 Å². The number of nitrogens with zero attached hydrogens (tertiary/aromatic N) is 2. The van der Waals surface area contributed by atoms with Gasteiger partial charge < -0.3 is 9.30 Å². The number of unbranched alkanes of at least 4 members (excludes halogenated alkanes) is 1. The molecule has 1 heterocycles. The normalized spacial score (nSPS) is 12.2. The fourth-order valence-corrected chi connectivity index (χ4v) is 5.67. The highest BCUT2D eigenvalue weighted by Crippen LogP contribution is 2.28. The van der Waals surface area contributed by atoms with E-state index in [0.29, 0.717) is 16.7 Å². The number of halogens is 1. The topological polar surface area (TPSA) is 61.2 Å². The smallest absolute Gasteiger partial charge is 0.160 e. The number of benzene rings is 3. The van der Waals surface area contributed by atoms with Crippen molar-refractivity contribution in [2.45, 2.75) is 57.2 Å². The lowest BCUT2D eigenvalue weighted by Crippen LogP contribution is -2.09. The van der Waals surface area contributed by atoms with Crippen molar-refractivity contribution in [1.82, 2.24) is 9.55 Å². The van der Waals surface area contributed by atoms with Crippen LogP contribution in [0.4, 0.5) is 0 Å². The van der Waals surface area contributed by atoms with Crippen molar-refractivity contribution in [2.75, 3.05) is 6.61 Å². The van der Waals surface area contributed by atoms with E-state index in [4.69, 9.17) is 16.3 Å². The molecule has 0 aliphatic rings. The summed E-state index contributed by atoms with van der Waals surface area (Å²) < 4.78 is 20.8. The molecule has 5 nitrogen and oxygen atoms in total. The molecule has 41 heavy (non-hydrogen) atoms. The van der Waals surface area contributed by atoms with Crippen molar-refractivity contribution in [3.05, 3.63) is 107 Å².